The molecular formula is C13H12N2O2. The van der Waals surface area contributed by atoms with Crippen LogP contribution in [-0.4, -0.2) is 17.9 Å². The second kappa shape index (κ2) is 4.65. The molecule has 2 N–H and O–H groups in total. The number of ketones is 1. The van der Waals surface area contributed by atoms with Crippen molar-refractivity contribution in [2.45, 2.75) is 0 Å². The molecule has 0 unspecified atom stereocenters. The van der Waals surface area contributed by atoms with Gasteiger partial charge in [0.05, 0.1) is 13.3 Å². The summed E-state index contributed by atoms with van der Waals surface area (Å²) < 4.78 is 5.03. The Morgan fingerprint density at radius 3 is 2.76 bits per heavy atom. The fourth-order valence-corrected chi connectivity index (χ4v) is 1.51. The van der Waals surface area contributed by atoms with Crippen LogP contribution in [0.15, 0.2) is 42.7 Å². The number of aromatic nitrogens is 1. The van der Waals surface area contributed by atoms with E-state index in [-0.39, 0.29) is 5.78 Å². The molecule has 0 bridgehead atoms. The van der Waals surface area contributed by atoms with Crippen LogP contribution >= 0.6 is 0 Å². The van der Waals surface area contributed by atoms with Gasteiger partial charge in [-0.3, -0.25) is 9.78 Å². The Hall–Kier alpha value is -2.36. The fourth-order valence-electron chi connectivity index (χ4n) is 1.51. The first-order chi connectivity index (χ1) is 8.22. The first-order valence-electron chi connectivity index (χ1n) is 5.10. The minimum absolute atomic E-state index is 0.158. The molecular weight excluding hydrogens is 216 g/mol. The van der Waals surface area contributed by atoms with Gasteiger partial charge in [0.25, 0.3) is 0 Å². The van der Waals surface area contributed by atoms with Crippen LogP contribution in [0, 0.1) is 0 Å². The van der Waals surface area contributed by atoms with Gasteiger partial charge >= 0.3 is 0 Å². The second-order valence-electron chi connectivity index (χ2n) is 3.53. The smallest absolute Gasteiger partial charge is 0.196 e. The molecule has 0 saturated heterocycles. The van der Waals surface area contributed by atoms with Gasteiger partial charge in [0, 0.05) is 23.0 Å². The van der Waals surface area contributed by atoms with Crippen LogP contribution in [-0.2, 0) is 0 Å². The predicted octanol–water partition coefficient (Wildman–Crippen LogP) is 1.90. The third-order valence-corrected chi connectivity index (χ3v) is 2.42. The maximum atomic E-state index is 12.2. The van der Waals surface area contributed by atoms with Crippen LogP contribution in [0.25, 0.3) is 0 Å². The number of hydrogen-bond acceptors (Lipinski definition) is 4. The molecule has 1 heterocycles. The SMILES string of the molecule is COc1cncc(C(=O)c2ccccc2N)c1. The van der Waals surface area contributed by atoms with Gasteiger partial charge < -0.3 is 10.5 Å². The molecule has 4 nitrogen and oxygen atoms in total. The molecule has 2 rings (SSSR count). The van der Waals surface area contributed by atoms with E-state index in [4.69, 9.17) is 10.5 Å². The van der Waals surface area contributed by atoms with E-state index >= 15 is 0 Å². The van der Waals surface area contributed by atoms with Crippen molar-refractivity contribution < 1.29 is 9.53 Å². The van der Waals surface area contributed by atoms with Crippen molar-refractivity contribution in [3.05, 3.63) is 53.9 Å². The summed E-state index contributed by atoms with van der Waals surface area (Å²) in [7, 11) is 1.53. The molecule has 0 radical (unpaired) electrons. The van der Waals surface area contributed by atoms with E-state index in [1.165, 1.54) is 13.3 Å². The molecule has 2 aromatic rings. The molecule has 1 aromatic carbocycles. The summed E-state index contributed by atoms with van der Waals surface area (Å²) in [5.74, 6) is 0.389. The molecule has 4 heteroatoms. The summed E-state index contributed by atoms with van der Waals surface area (Å²) in [6.07, 6.45) is 3.04. The molecule has 0 spiro atoms. The number of benzene rings is 1. The van der Waals surface area contributed by atoms with Crippen molar-refractivity contribution in [2.24, 2.45) is 0 Å². The highest BCUT2D eigenvalue weighted by Gasteiger charge is 2.12. The van der Waals surface area contributed by atoms with Crippen molar-refractivity contribution in [3.63, 3.8) is 0 Å². The van der Waals surface area contributed by atoms with Crippen LogP contribution in [0.5, 0.6) is 5.75 Å². The zero-order valence-electron chi connectivity index (χ0n) is 9.38. The van der Waals surface area contributed by atoms with E-state index in [0.29, 0.717) is 22.6 Å². The first kappa shape index (κ1) is 11.1. The lowest BCUT2D eigenvalue weighted by Crippen LogP contribution is -2.05. The van der Waals surface area contributed by atoms with E-state index in [2.05, 4.69) is 4.98 Å². The highest BCUT2D eigenvalue weighted by atomic mass is 16.5. The van der Waals surface area contributed by atoms with Gasteiger partial charge in [-0.05, 0) is 18.2 Å². The van der Waals surface area contributed by atoms with Crippen molar-refractivity contribution in [1.82, 2.24) is 4.98 Å². The zero-order chi connectivity index (χ0) is 12.3. The molecule has 0 fully saturated rings. The van der Waals surface area contributed by atoms with E-state index in [0.717, 1.165) is 0 Å². The lowest BCUT2D eigenvalue weighted by atomic mass is 10.0. The normalized spacial score (nSPS) is 9.94. The number of methoxy groups -OCH3 is 1. The maximum Gasteiger partial charge on any atom is 0.196 e. The van der Waals surface area contributed by atoms with Gasteiger partial charge in [0.1, 0.15) is 5.75 Å². The molecule has 17 heavy (non-hydrogen) atoms. The largest absolute Gasteiger partial charge is 0.495 e. The number of anilines is 1. The average Bonchev–Trinajstić information content (AvgIpc) is 2.38. The Balaban J connectivity index is 2.40. The third kappa shape index (κ3) is 2.25. The number of hydrogen-bond donors (Lipinski definition) is 1. The number of nitrogens with zero attached hydrogens (tertiary/aromatic N) is 1. The lowest BCUT2D eigenvalue weighted by molar-refractivity contribution is 0.103. The molecule has 0 atom stereocenters. The number of ether oxygens (including phenoxy) is 1. The second-order valence-corrected chi connectivity index (χ2v) is 3.53. The number of para-hydroxylation sites is 1. The van der Waals surface area contributed by atoms with Crippen LogP contribution in [0.2, 0.25) is 0 Å². The molecule has 0 amide bonds. The Morgan fingerprint density at radius 1 is 1.29 bits per heavy atom. The van der Waals surface area contributed by atoms with Gasteiger partial charge in [-0.2, -0.15) is 0 Å². The number of carbonyl (C=O) groups excluding carboxylic acids is 1. The van der Waals surface area contributed by atoms with Crippen molar-refractivity contribution in [1.29, 1.82) is 0 Å². The van der Waals surface area contributed by atoms with Gasteiger partial charge in [-0.25, -0.2) is 0 Å². The topological polar surface area (TPSA) is 65.2 Å². The molecule has 0 saturated carbocycles. The number of carbonyl (C=O) groups is 1. The fraction of sp³-hybridized carbons (Fsp3) is 0.0769. The Kier molecular flexibility index (Phi) is 3.05. The van der Waals surface area contributed by atoms with Gasteiger partial charge in [-0.15, -0.1) is 0 Å². The summed E-state index contributed by atoms with van der Waals surface area (Å²) in [4.78, 5) is 16.1. The predicted molar refractivity (Wildman–Crippen MR) is 65.1 cm³/mol. The molecule has 0 aliphatic carbocycles. The number of nitrogen functional groups attached to an aromatic ring is 1. The Morgan fingerprint density at radius 2 is 2.06 bits per heavy atom. The Labute approximate surface area is 99.1 Å². The molecule has 0 aliphatic rings. The average molecular weight is 228 g/mol. The lowest BCUT2D eigenvalue weighted by Gasteiger charge is -2.05. The zero-order valence-corrected chi connectivity index (χ0v) is 9.38. The summed E-state index contributed by atoms with van der Waals surface area (Å²) in [5.41, 5.74) is 7.15. The first-order valence-corrected chi connectivity index (χ1v) is 5.10. The minimum atomic E-state index is -0.158. The molecule has 1 aromatic heterocycles. The van der Waals surface area contributed by atoms with Gasteiger partial charge in [0.2, 0.25) is 0 Å². The standard InChI is InChI=1S/C13H12N2O2/c1-17-10-6-9(7-15-8-10)13(16)11-4-2-3-5-12(11)14/h2-8H,14H2,1H3. The van der Waals surface area contributed by atoms with Crippen molar-refractivity contribution >= 4 is 11.5 Å². The van der Waals surface area contributed by atoms with Crippen molar-refractivity contribution in [3.8, 4) is 5.75 Å². The van der Waals surface area contributed by atoms with Crippen molar-refractivity contribution in [2.75, 3.05) is 12.8 Å². The highest BCUT2D eigenvalue weighted by molar-refractivity contribution is 6.12. The minimum Gasteiger partial charge on any atom is -0.495 e. The number of nitrogens with two attached hydrogens (primary N) is 1. The van der Waals surface area contributed by atoms with Crippen LogP contribution < -0.4 is 10.5 Å². The number of rotatable bonds is 3. The summed E-state index contributed by atoms with van der Waals surface area (Å²) in [6.45, 7) is 0. The quantitative estimate of drug-likeness (QED) is 0.643. The van der Waals surface area contributed by atoms with Gasteiger partial charge in [0.15, 0.2) is 5.78 Å². The number of pyridine rings is 1. The van der Waals surface area contributed by atoms with Crippen LogP contribution in [0.3, 0.4) is 0 Å². The molecule has 86 valence electrons. The Bertz CT molecular complexity index is 553. The van der Waals surface area contributed by atoms with E-state index < -0.39 is 0 Å². The summed E-state index contributed by atoms with van der Waals surface area (Å²) in [5, 5.41) is 0. The molecule has 0 aliphatic heterocycles. The third-order valence-electron chi connectivity index (χ3n) is 2.42. The monoisotopic (exact) mass is 228 g/mol. The van der Waals surface area contributed by atoms with E-state index in [1.54, 1.807) is 36.5 Å². The maximum absolute atomic E-state index is 12.2. The summed E-state index contributed by atoms with van der Waals surface area (Å²) in [6, 6.07) is 8.59. The van der Waals surface area contributed by atoms with Crippen LogP contribution in [0.4, 0.5) is 5.69 Å². The van der Waals surface area contributed by atoms with Gasteiger partial charge in [-0.1, -0.05) is 12.1 Å². The van der Waals surface area contributed by atoms with E-state index in [1.807, 2.05) is 0 Å². The summed E-state index contributed by atoms with van der Waals surface area (Å²) >= 11 is 0. The van der Waals surface area contributed by atoms with Crippen LogP contribution in [0.1, 0.15) is 15.9 Å². The highest BCUT2D eigenvalue weighted by Crippen LogP contribution is 2.18. The van der Waals surface area contributed by atoms with E-state index in [9.17, 15) is 4.79 Å².